The maximum absolute atomic E-state index is 11.0. The van der Waals surface area contributed by atoms with Gasteiger partial charge in [-0.3, -0.25) is 4.18 Å². The molecular formula is C23H32N4O6S. The molecule has 0 bridgehead atoms. The molecule has 1 fully saturated rings. The molecule has 11 heteroatoms. The number of nitrogens with one attached hydrogen (secondary N) is 1. The van der Waals surface area contributed by atoms with Crippen LogP contribution < -0.4 is 15.2 Å². The minimum absolute atomic E-state index is 0.0117. The first kappa shape index (κ1) is 24.8. The first-order valence-corrected chi connectivity index (χ1v) is 12.8. The van der Waals surface area contributed by atoms with Crippen LogP contribution in [0.5, 0.6) is 5.88 Å². The minimum Gasteiger partial charge on any atom is -0.474 e. The average molecular weight is 493 g/mol. The van der Waals surface area contributed by atoms with Crippen molar-refractivity contribution >= 4 is 16.1 Å². The van der Waals surface area contributed by atoms with E-state index < -0.39 is 22.3 Å². The molecule has 0 amide bonds. The second-order valence-electron chi connectivity index (χ2n) is 9.63. The Morgan fingerprint density at radius 1 is 1.24 bits per heavy atom. The number of aromatic nitrogens is 2. The molecule has 0 aliphatic heterocycles. The molecule has 1 heterocycles. The van der Waals surface area contributed by atoms with E-state index in [2.05, 4.69) is 51.5 Å². The summed E-state index contributed by atoms with van der Waals surface area (Å²) in [6.45, 7) is 4.26. The fourth-order valence-corrected chi connectivity index (χ4v) is 5.39. The van der Waals surface area contributed by atoms with Crippen LogP contribution in [-0.4, -0.2) is 55.5 Å². The van der Waals surface area contributed by atoms with Crippen molar-refractivity contribution in [3.05, 3.63) is 47.8 Å². The van der Waals surface area contributed by atoms with Crippen molar-refractivity contribution < 1.29 is 27.2 Å². The molecule has 1 aromatic heterocycles. The van der Waals surface area contributed by atoms with Gasteiger partial charge >= 0.3 is 10.3 Å². The smallest absolute Gasteiger partial charge is 0.333 e. The monoisotopic (exact) mass is 492 g/mol. The average Bonchev–Trinajstić information content (AvgIpc) is 3.13. The van der Waals surface area contributed by atoms with Crippen molar-refractivity contribution in [2.75, 3.05) is 19.0 Å². The molecule has 1 unspecified atom stereocenters. The maximum Gasteiger partial charge on any atom is 0.333 e. The van der Waals surface area contributed by atoms with Crippen molar-refractivity contribution in [3.8, 4) is 5.88 Å². The fraction of sp³-hybridized carbons (Fsp3) is 0.565. The van der Waals surface area contributed by atoms with Gasteiger partial charge in [0.1, 0.15) is 18.2 Å². The Morgan fingerprint density at radius 3 is 2.74 bits per heavy atom. The molecule has 1 aromatic carbocycles. The number of hydrogen-bond donors (Lipinski definition) is 3. The molecule has 2 aliphatic rings. The lowest BCUT2D eigenvalue weighted by Gasteiger charge is -2.42. The van der Waals surface area contributed by atoms with Gasteiger partial charge in [-0.2, -0.15) is 8.42 Å². The largest absolute Gasteiger partial charge is 0.474 e. The number of aliphatic hydroxyl groups is 1. The normalized spacial score (nSPS) is 28.3. The summed E-state index contributed by atoms with van der Waals surface area (Å²) in [5.74, 6) is 0.563. The Hall–Kier alpha value is -2.31. The zero-order valence-electron chi connectivity index (χ0n) is 19.5. The predicted molar refractivity (Wildman–Crippen MR) is 125 cm³/mol. The summed E-state index contributed by atoms with van der Waals surface area (Å²) in [5.41, 5.74) is 2.43. The molecule has 4 N–H and O–H groups in total. The number of nitrogens with two attached hydrogens (primary N) is 1. The summed E-state index contributed by atoms with van der Waals surface area (Å²) in [4.78, 5) is 8.57. The van der Waals surface area contributed by atoms with Crippen LogP contribution in [0.25, 0.3) is 0 Å². The molecule has 2 aliphatic carbocycles. The van der Waals surface area contributed by atoms with Gasteiger partial charge in [0.25, 0.3) is 0 Å². The summed E-state index contributed by atoms with van der Waals surface area (Å²) < 4.78 is 38.5. The van der Waals surface area contributed by atoms with Crippen molar-refractivity contribution in [1.29, 1.82) is 0 Å². The van der Waals surface area contributed by atoms with Crippen LogP contribution in [0.3, 0.4) is 0 Å². The molecule has 4 rings (SSSR count). The standard InChI is InChI=1S/C23H32N4O6S/c1-23(2)11-19(31-3)22(16-6-4-5-7-17(16)23)27-20-10-21(26-13-25-20)33-15-8-14(18(28)9-15)12-32-34(24,29)30/h4-7,10,13-15,18-19,22,28H,8-9,11-12H2,1-3H3,(H2,24,29,30)(H,25,26,27)/t14-,15+,18?,19-,22+/m0/s1. The van der Waals surface area contributed by atoms with Crippen molar-refractivity contribution in [1.82, 2.24) is 9.97 Å². The molecule has 10 nitrogen and oxygen atoms in total. The highest BCUT2D eigenvalue weighted by molar-refractivity contribution is 7.84. The number of ether oxygens (including phenoxy) is 2. The zero-order chi connectivity index (χ0) is 24.5. The van der Waals surface area contributed by atoms with Crippen LogP contribution in [0.1, 0.15) is 50.3 Å². The van der Waals surface area contributed by atoms with Gasteiger partial charge < -0.3 is 19.9 Å². The quantitative estimate of drug-likeness (QED) is 0.504. The molecule has 0 spiro atoms. The van der Waals surface area contributed by atoms with E-state index in [1.807, 2.05) is 6.07 Å². The van der Waals surface area contributed by atoms with Gasteiger partial charge in [-0.1, -0.05) is 38.1 Å². The van der Waals surface area contributed by atoms with E-state index in [4.69, 9.17) is 14.6 Å². The summed E-state index contributed by atoms with van der Waals surface area (Å²) >= 11 is 0. The van der Waals surface area contributed by atoms with Gasteiger partial charge in [-0.25, -0.2) is 15.1 Å². The Bertz CT molecular complexity index is 1110. The van der Waals surface area contributed by atoms with Crippen molar-refractivity contribution in [2.45, 2.75) is 62.9 Å². The zero-order valence-corrected chi connectivity index (χ0v) is 20.4. The molecule has 34 heavy (non-hydrogen) atoms. The Morgan fingerprint density at radius 2 is 2.00 bits per heavy atom. The number of anilines is 1. The Balaban J connectivity index is 1.46. The Kier molecular flexibility index (Phi) is 7.11. The Labute approximate surface area is 200 Å². The second kappa shape index (κ2) is 9.74. The van der Waals surface area contributed by atoms with Crippen molar-refractivity contribution in [3.63, 3.8) is 0 Å². The number of methoxy groups -OCH3 is 1. The van der Waals surface area contributed by atoms with E-state index >= 15 is 0 Å². The molecule has 5 atom stereocenters. The van der Waals surface area contributed by atoms with Crippen LogP contribution in [-0.2, 0) is 24.6 Å². The number of aliphatic hydroxyl groups excluding tert-OH is 1. The van der Waals surface area contributed by atoms with Gasteiger partial charge in [0.15, 0.2) is 0 Å². The first-order valence-electron chi connectivity index (χ1n) is 11.3. The third kappa shape index (κ3) is 5.66. The summed E-state index contributed by atoms with van der Waals surface area (Å²) in [5, 5.41) is 18.6. The molecular weight excluding hydrogens is 460 g/mol. The molecule has 186 valence electrons. The highest BCUT2D eigenvalue weighted by atomic mass is 32.2. The van der Waals surface area contributed by atoms with Crippen LogP contribution in [0.4, 0.5) is 5.82 Å². The van der Waals surface area contributed by atoms with Gasteiger partial charge in [0.05, 0.1) is 24.9 Å². The molecule has 2 aromatic rings. The minimum atomic E-state index is -4.06. The molecule has 0 radical (unpaired) electrons. The predicted octanol–water partition coefficient (Wildman–Crippen LogP) is 2.06. The second-order valence-corrected chi connectivity index (χ2v) is 10.9. The van der Waals surface area contributed by atoms with E-state index in [0.29, 0.717) is 24.5 Å². The van der Waals surface area contributed by atoms with E-state index in [-0.39, 0.29) is 30.3 Å². The van der Waals surface area contributed by atoms with Crippen molar-refractivity contribution in [2.24, 2.45) is 11.1 Å². The fourth-order valence-electron chi connectivity index (χ4n) is 5.03. The highest BCUT2D eigenvalue weighted by Crippen LogP contribution is 2.44. The molecule has 1 saturated carbocycles. The summed E-state index contributed by atoms with van der Waals surface area (Å²) in [7, 11) is -2.34. The van der Waals surface area contributed by atoms with E-state index in [9.17, 15) is 13.5 Å². The SMILES string of the molecule is CO[C@H]1CC(C)(C)c2ccccc2[C@H]1Nc1cc(O[C@H]2CC(O)[C@H](COS(N)(=O)=O)C2)ncn1. The maximum atomic E-state index is 11.0. The topological polar surface area (TPSA) is 146 Å². The summed E-state index contributed by atoms with van der Waals surface area (Å²) in [6.07, 6.45) is 1.89. The van der Waals surface area contributed by atoms with Crippen LogP contribution in [0.2, 0.25) is 0 Å². The molecule has 0 saturated heterocycles. The highest BCUT2D eigenvalue weighted by Gasteiger charge is 2.40. The third-order valence-electron chi connectivity index (χ3n) is 6.70. The lowest BCUT2D eigenvalue weighted by molar-refractivity contribution is 0.0532. The van der Waals surface area contributed by atoms with E-state index in [1.165, 1.54) is 17.5 Å². The van der Waals surface area contributed by atoms with Gasteiger partial charge in [0, 0.05) is 25.5 Å². The first-order chi connectivity index (χ1) is 16.1. The third-order valence-corrected chi connectivity index (χ3v) is 7.17. The number of rotatable bonds is 8. The number of fused-ring (bicyclic) bond motifs is 1. The van der Waals surface area contributed by atoms with Gasteiger partial charge in [-0.15, -0.1) is 0 Å². The van der Waals surface area contributed by atoms with Gasteiger partial charge in [0.2, 0.25) is 5.88 Å². The van der Waals surface area contributed by atoms with E-state index in [0.717, 1.165) is 6.42 Å². The van der Waals surface area contributed by atoms with Crippen LogP contribution >= 0.6 is 0 Å². The van der Waals surface area contributed by atoms with Crippen LogP contribution in [0, 0.1) is 5.92 Å². The van der Waals surface area contributed by atoms with Crippen LogP contribution in [0.15, 0.2) is 36.7 Å². The number of benzene rings is 1. The lowest BCUT2D eigenvalue weighted by atomic mass is 9.69. The number of nitrogens with zero attached hydrogens (tertiary/aromatic N) is 2. The van der Waals surface area contributed by atoms with E-state index in [1.54, 1.807) is 13.2 Å². The lowest BCUT2D eigenvalue weighted by Crippen LogP contribution is -2.40. The van der Waals surface area contributed by atoms with Gasteiger partial charge in [-0.05, 0) is 29.4 Å². The summed E-state index contributed by atoms with van der Waals surface area (Å²) in [6, 6.07) is 9.98. The number of hydrogen-bond acceptors (Lipinski definition) is 9.